The van der Waals surface area contributed by atoms with Gasteiger partial charge in [-0.25, -0.2) is 4.68 Å². The van der Waals surface area contributed by atoms with E-state index in [1.807, 2.05) is 0 Å². The fourth-order valence-corrected chi connectivity index (χ4v) is 4.31. The normalized spacial score (nSPS) is 13.6. The summed E-state index contributed by atoms with van der Waals surface area (Å²) in [6.07, 6.45) is -10.7. The Kier molecular flexibility index (Phi) is 8.03. The molecule has 0 fully saturated rings. The molecule has 40 heavy (non-hydrogen) atoms. The van der Waals surface area contributed by atoms with Crippen molar-refractivity contribution in [3.05, 3.63) is 111 Å². The zero-order valence-electron chi connectivity index (χ0n) is 20.3. The largest absolute Gasteiger partial charge is 0.416 e. The molecule has 0 amide bonds. The predicted molar refractivity (Wildman–Crippen MR) is 137 cm³/mol. The Balaban J connectivity index is 1.88. The second-order valence-electron chi connectivity index (χ2n) is 8.66. The average molecular weight is 580 g/mol. The minimum absolute atomic E-state index is 0.0205. The van der Waals surface area contributed by atoms with Gasteiger partial charge in [0.15, 0.2) is 0 Å². The molecule has 4 N–H and O–H groups in total. The van der Waals surface area contributed by atoms with Gasteiger partial charge in [-0.1, -0.05) is 65.3 Å². The maximum absolute atomic E-state index is 13.4. The quantitative estimate of drug-likeness (QED) is 0.167. The summed E-state index contributed by atoms with van der Waals surface area (Å²) in [6.45, 7) is -0.525. The van der Waals surface area contributed by atoms with Crippen LogP contribution in [-0.2, 0) is 18.9 Å². The van der Waals surface area contributed by atoms with E-state index in [-0.39, 0.29) is 44.9 Å². The van der Waals surface area contributed by atoms with Crippen LogP contribution in [0.5, 0.6) is 0 Å². The average Bonchev–Trinajstić information content (AvgIpc) is 3.31. The molecule has 1 aromatic heterocycles. The lowest BCUT2D eigenvalue weighted by Gasteiger charge is -2.17. The zero-order chi connectivity index (χ0) is 29.2. The first-order valence-corrected chi connectivity index (χ1v) is 11.9. The standard InChI is InChI=1S/C27H20ClF6N5O/c28-21-9-5-4-8-19(21)25(40)22(36)20(13-35)23-24(16-6-2-1-3-7-16)39(38-37-23)14-15-10-17(26(29,30)31)12-18(11-15)27(32,33)34/h1-13,25,35,40H,14,36H2/b22-20+,35-13?/t25-/m1/s1. The van der Waals surface area contributed by atoms with Crippen LogP contribution < -0.4 is 5.73 Å². The molecule has 0 radical (unpaired) electrons. The van der Waals surface area contributed by atoms with Crippen LogP contribution in [0.25, 0.3) is 16.8 Å². The minimum Gasteiger partial charge on any atom is -0.399 e. The molecule has 0 aliphatic rings. The number of nitrogens with zero attached hydrogens (tertiary/aromatic N) is 3. The van der Waals surface area contributed by atoms with Crippen molar-refractivity contribution in [2.45, 2.75) is 25.0 Å². The Morgan fingerprint density at radius 3 is 2.08 bits per heavy atom. The summed E-state index contributed by atoms with van der Waals surface area (Å²) in [6, 6.07) is 15.8. The molecule has 3 aromatic carbocycles. The predicted octanol–water partition coefficient (Wildman–Crippen LogP) is 6.74. The molecule has 0 aliphatic heterocycles. The number of nitrogens with one attached hydrogen (secondary N) is 1. The first-order valence-electron chi connectivity index (χ1n) is 11.5. The second kappa shape index (κ2) is 11.1. The molecule has 208 valence electrons. The summed E-state index contributed by atoms with van der Waals surface area (Å²) in [7, 11) is 0. The van der Waals surface area contributed by atoms with Crippen LogP contribution in [0.3, 0.4) is 0 Å². The second-order valence-corrected chi connectivity index (χ2v) is 9.07. The van der Waals surface area contributed by atoms with E-state index in [2.05, 4.69) is 10.3 Å². The number of rotatable bonds is 7. The lowest BCUT2D eigenvalue weighted by Crippen LogP contribution is -2.14. The summed E-state index contributed by atoms with van der Waals surface area (Å²) in [5.41, 5.74) is 3.50. The highest BCUT2D eigenvalue weighted by Crippen LogP contribution is 2.37. The van der Waals surface area contributed by atoms with Gasteiger partial charge < -0.3 is 16.2 Å². The van der Waals surface area contributed by atoms with Gasteiger partial charge in [-0.2, -0.15) is 26.3 Å². The lowest BCUT2D eigenvalue weighted by atomic mass is 9.98. The Bertz CT molecular complexity index is 1530. The number of benzene rings is 3. The number of aromatic nitrogens is 3. The highest BCUT2D eigenvalue weighted by Gasteiger charge is 2.37. The van der Waals surface area contributed by atoms with E-state index in [9.17, 15) is 31.4 Å². The molecule has 0 bridgehead atoms. The van der Waals surface area contributed by atoms with E-state index in [0.29, 0.717) is 17.7 Å². The fourth-order valence-electron chi connectivity index (χ4n) is 4.07. The van der Waals surface area contributed by atoms with Crippen molar-refractivity contribution in [2.75, 3.05) is 0 Å². The molecule has 6 nitrogen and oxygen atoms in total. The molecule has 0 unspecified atom stereocenters. The van der Waals surface area contributed by atoms with Gasteiger partial charge in [-0.15, -0.1) is 5.10 Å². The van der Waals surface area contributed by atoms with Crippen molar-refractivity contribution in [3.63, 3.8) is 0 Å². The van der Waals surface area contributed by atoms with Gasteiger partial charge in [0.2, 0.25) is 0 Å². The van der Waals surface area contributed by atoms with Crippen molar-refractivity contribution in [3.8, 4) is 11.3 Å². The van der Waals surface area contributed by atoms with Crippen molar-refractivity contribution in [1.82, 2.24) is 15.0 Å². The van der Waals surface area contributed by atoms with Crippen molar-refractivity contribution in [1.29, 1.82) is 5.41 Å². The fraction of sp³-hybridized carbons (Fsp3) is 0.148. The Morgan fingerprint density at radius 2 is 1.52 bits per heavy atom. The first-order chi connectivity index (χ1) is 18.8. The molecule has 4 rings (SSSR count). The Morgan fingerprint density at radius 1 is 0.950 bits per heavy atom. The maximum atomic E-state index is 13.4. The molecule has 1 heterocycles. The Hall–Kier alpha value is -4.16. The summed E-state index contributed by atoms with van der Waals surface area (Å²) in [4.78, 5) is 0. The summed E-state index contributed by atoms with van der Waals surface area (Å²) in [5.74, 6) is 0. The number of alkyl halides is 6. The number of hydrogen-bond acceptors (Lipinski definition) is 5. The van der Waals surface area contributed by atoms with Gasteiger partial charge in [0, 0.05) is 27.9 Å². The SMILES string of the molecule is N=C/C(=C(\N)[C@H](O)c1ccccc1Cl)c1nnn(Cc2cc(C(F)(F)F)cc(C(F)(F)F)c2)c1-c1ccccc1. The topological polar surface area (TPSA) is 101 Å². The van der Waals surface area contributed by atoms with E-state index in [4.69, 9.17) is 22.7 Å². The van der Waals surface area contributed by atoms with E-state index in [1.54, 1.807) is 42.5 Å². The zero-order valence-corrected chi connectivity index (χ0v) is 21.1. The highest BCUT2D eigenvalue weighted by atomic mass is 35.5. The monoisotopic (exact) mass is 579 g/mol. The molecular weight excluding hydrogens is 560 g/mol. The van der Waals surface area contributed by atoms with Crippen LogP contribution >= 0.6 is 11.6 Å². The number of hydrogen-bond donors (Lipinski definition) is 3. The van der Waals surface area contributed by atoms with Gasteiger partial charge in [0.05, 0.1) is 29.1 Å². The number of aliphatic hydroxyl groups is 1. The first kappa shape index (κ1) is 28.8. The molecular formula is C27H20ClF6N5O. The number of nitrogens with two attached hydrogens (primary N) is 1. The van der Waals surface area contributed by atoms with Crippen LogP contribution in [-0.4, -0.2) is 26.3 Å². The molecule has 0 saturated heterocycles. The number of halogens is 7. The van der Waals surface area contributed by atoms with Gasteiger partial charge >= 0.3 is 12.4 Å². The van der Waals surface area contributed by atoms with Crippen molar-refractivity contribution >= 4 is 23.4 Å². The van der Waals surface area contributed by atoms with Gasteiger partial charge in [0.1, 0.15) is 11.8 Å². The third-order valence-electron chi connectivity index (χ3n) is 5.97. The van der Waals surface area contributed by atoms with E-state index in [0.717, 1.165) is 10.9 Å². The van der Waals surface area contributed by atoms with Crippen LogP contribution in [0.2, 0.25) is 5.02 Å². The highest BCUT2D eigenvalue weighted by molar-refractivity contribution is 6.31. The maximum Gasteiger partial charge on any atom is 0.416 e. The van der Waals surface area contributed by atoms with E-state index in [1.165, 1.54) is 12.1 Å². The molecule has 4 aromatic rings. The van der Waals surface area contributed by atoms with Gasteiger partial charge in [0.25, 0.3) is 0 Å². The summed E-state index contributed by atoms with van der Waals surface area (Å²) < 4.78 is 81.7. The van der Waals surface area contributed by atoms with Crippen LogP contribution in [0.1, 0.15) is 34.1 Å². The Labute approximate surface area is 228 Å². The van der Waals surface area contributed by atoms with Crippen LogP contribution in [0.4, 0.5) is 26.3 Å². The summed E-state index contributed by atoms with van der Waals surface area (Å²) >= 11 is 6.18. The summed E-state index contributed by atoms with van der Waals surface area (Å²) in [5, 5.41) is 27.1. The van der Waals surface area contributed by atoms with Crippen LogP contribution in [0.15, 0.2) is 78.5 Å². The third kappa shape index (κ3) is 6.02. The van der Waals surface area contributed by atoms with Crippen molar-refractivity contribution < 1.29 is 31.4 Å². The van der Waals surface area contributed by atoms with E-state index < -0.39 is 36.1 Å². The van der Waals surface area contributed by atoms with E-state index >= 15 is 0 Å². The third-order valence-corrected chi connectivity index (χ3v) is 6.31. The smallest absolute Gasteiger partial charge is 0.399 e. The molecule has 13 heteroatoms. The van der Waals surface area contributed by atoms with Gasteiger partial charge in [-0.05, 0) is 29.8 Å². The lowest BCUT2D eigenvalue weighted by molar-refractivity contribution is -0.143. The molecule has 0 aliphatic carbocycles. The number of aliphatic hydroxyl groups excluding tert-OH is 1. The number of allylic oxidation sites excluding steroid dienone is 1. The molecule has 1 atom stereocenters. The van der Waals surface area contributed by atoms with Crippen molar-refractivity contribution in [2.24, 2.45) is 5.73 Å². The minimum atomic E-state index is -5.02. The molecule has 0 spiro atoms. The molecule has 0 saturated carbocycles. The van der Waals surface area contributed by atoms with Gasteiger partial charge in [-0.3, -0.25) is 0 Å². The van der Waals surface area contributed by atoms with Crippen LogP contribution in [0, 0.1) is 5.41 Å².